The smallest absolute Gasteiger partial charge is 0.0868 e. The van der Waals surface area contributed by atoms with Crippen LogP contribution in [0.1, 0.15) is 12.0 Å². The highest BCUT2D eigenvalue weighted by Crippen LogP contribution is 2.18. The third-order valence-electron chi connectivity index (χ3n) is 4.04. The number of aliphatic hydroxyl groups is 1. The van der Waals surface area contributed by atoms with Gasteiger partial charge in [-0.25, -0.2) is 0 Å². The number of likely N-dealkylation sites (tertiary alicyclic amines) is 1. The molecule has 1 saturated heterocycles. The van der Waals surface area contributed by atoms with E-state index in [-0.39, 0.29) is 12.1 Å². The standard InChI is InChI=1S/C18H22N2O/c21-18-14-20(13-15-7-3-1-4-8-15)12-11-17(18)19-16-9-5-2-6-10-16/h1-10,17-19,21H,11-14H2/t17-,18-/m0/s1. The van der Waals surface area contributed by atoms with Gasteiger partial charge >= 0.3 is 0 Å². The highest BCUT2D eigenvalue weighted by molar-refractivity contribution is 5.43. The fraction of sp³-hybridized carbons (Fsp3) is 0.333. The highest BCUT2D eigenvalue weighted by atomic mass is 16.3. The summed E-state index contributed by atoms with van der Waals surface area (Å²) in [4.78, 5) is 2.32. The summed E-state index contributed by atoms with van der Waals surface area (Å²) >= 11 is 0. The van der Waals surface area contributed by atoms with Crippen LogP contribution in [0.25, 0.3) is 0 Å². The predicted molar refractivity (Wildman–Crippen MR) is 86.2 cm³/mol. The summed E-state index contributed by atoms with van der Waals surface area (Å²) in [7, 11) is 0. The fourth-order valence-electron chi connectivity index (χ4n) is 2.90. The van der Waals surface area contributed by atoms with Gasteiger partial charge in [-0.05, 0) is 24.1 Å². The van der Waals surface area contributed by atoms with E-state index >= 15 is 0 Å². The lowest BCUT2D eigenvalue weighted by Gasteiger charge is -2.36. The van der Waals surface area contributed by atoms with Crippen LogP contribution in [-0.4, -0.2) is 35.2 Å². The monoisotopic (exact) mass is 282 g/mol. The van der Waals surface area contributed by atoms with E-state index in [0.29, 0.717) is 0 Å². The molecule has 0 saturated carbocycles. The van der Waals surface area contributed by atoms with Crippen LogP contribution in [0.3, 0.4) is 0 Å². The number of anilines is 1. The van der Waals surface area contributed by atoms with Gasteiger partial charge < -0.3 is 10.4 Å². The quantitative estimate of drug-likeness (QED) is 0.905. The molecular weight excluding hydrogens is 260 g/mol. The van der Waals surface area contributed by atoms with Crippen molar-refractivity contribution < 1.29 is 5.11 Å². The Balaban J connectivity index is 1.54. The number of rotatable bonds is 4. The summed E-state index contributed by atoms with van der Waals surface area (Å²) in [6.07, 6.45) is 0.630. The zero-order chi connectivity index (χ0) is 14.5. The summed E-state index contributed by atoms with van der Waals surface area (Å²) in [5, 5.41) is 13.8. The number of hydrogen-bond acceptors (Lipinski definition) is 3. The number of nitrogens with zero attached hydrogens (tertiary/aromatic N) is 1. The minimum absolute atomic E-state index is 0.138. The molecule has 0 radical (unpaired) electrons. The summed E-state index contributed by atoms with van der Waals surface area (Å²) in [5.41, 5.74) is 2.39. The van der Waals surface area contributed by atoms with E-state index in [9.17, 15) is 5.11 Å². The van der Waals surface area contributed by atoms with Gasteiger partial charge in [-0.2, -0.15) is 0 Å². The zero-order valence-corrected chi connectivity index (χ0v) is 12.2. The average molecular weight is 282 g/mol. The maximum Gasteiger partial charge on any atom is 0.0868 e. The maximum absolute atomic E-state index is 10.4. The number of benzene rings is 2. The zero-order valence-electron chi connectivity index (χ0n) is 12.2. The van der Waals surface area contributed by atoms with E-state index < -0.39 is 0 Å². The van der Waals surface area contributed by atoms with Crippen LogP contribution in [0.15, 0.2) is 60.7 Å². The van der Waals surface area contributed by atoms with Crippen molar-refractivity contribution in [2.45, 2.75) is 25.1 Å². The van der Waals surface area contributed by atoms with Crippen molar-refractivity contribution in [2.24, 2.45) is 0 Å². The van der Waals surface area contributed by atoms with Crippen molar-refractivity contribution >= 4 is 5.69 Å². The first-order valence-corrected chi connectivity index (χ1v) is 7.57. The average Bonchev–Trinajstić information content (AvgIpc) is 2.52. The number of para-hydroxylation sites is 1. The molecule has 1 aliphatic heterocycles. The Morgan fingerprint density at radius 1 is 1.00 bits per heavy atom. The molecule has 0 amide bonds. The SMILES string of the molecule is O[C@H]1CN(Cc2ccccc2)CC[C@@H]1Nc1ccccc1. The number of nitrogens with one attached hydrogen (secondary N) is 1. The predicted octanol–water partition coefficient (Wildman–Crippen LogP) is 2.73. The molecule has 0 unspecified atom stereocenters. The minimum Gasteiger partial charge on any atom is -0.390 e. The molecule has 3 nitrogen and oxygen atoms in total. The van der Waals surface area contributed by atoms with Crippen molar-refractivity contribution in [1.29, 1.82) is 0 Å². The highest BCUT2D eigenvalue weighted by Gasteiger charge is 2.27. The van der Waals surface area contributed by atoms with E-state index in [4.69, 9.17) is 0 Å². The molecule has 2 atom stereocenters. The maximum atomic E-state index is 10.4. The summed E-state index contributed by atoms with van der Waals surface area (Å²) < 4.78 is 0. The van der Waals surface area contributed by atoms with Gasteiger partial charge in [0.25, 0.3) is 0 Å². The Labute approximate surface area is 126 Å². The van der Waals surface area contributed by atoms with Gasteiger partial charge in [0.05, 0.1) is 12.1 Å². The van der Waals surface area contributed by atoms with Crippen molar-refractivity contribution in [3.63, 3.8) is 0 Å². The van der Waals surface area contributed by atoms with Crippen LogP contribution in [0.4, 0.5) is 5.69 Å². The third kappa shape index (κ3) is 3.84. The van der Waals surface area contributed by atoms with Gasteiger partial charge in [0.2, 0.25) is 0 Å². The van der Waals surface area contributed by atoms with Gasteiger partial charge in [-0.15, -0.1) is 0 Å². The number of hydrogen-bond donors (Lipinski definition) is 2. The topological polar surface area (TPSA) is 35.5 Å². The molecule has 3 heteroatoms. The summed E-state index contributed by atoms with van der Waals surface area (Å²) in [5.74, 6) is 0. The molecule has 2 N–H and O–H groups in total. The van der Waals surface area contributed by atoms with Crippen molar-refractivity contribution in [3.8, 4) is 0 Å². The lowest BCUT2D eigenvalue weighted by atomic mass is 10.0. The Hall–Kier alpha value is -1.84. The molecule has 0 spiro atoms. The van der Waals surface area contributed by atoms with Crippen LogP contribution < -0.4 is 5.32 Å². The van der Waals surface area contributed by atoms with Crippen LogP contribution in [0.2, 0.25) is 0 Å². The molecular formula is C18H22N2O. The molecule has 0 aromatic heterocycles. The van der Waals surface area contributed by atoms with Crippen LogP contribution in [0, 0.1) is 0 Å². The number of piperidine rings is 1. The van der Waals surface area contributed by atoms with Gasteiger partial charge in [-0.1, -0.05) is 48.5 Å². The Morgan fingerprint density at radius 3 is 2.33 bits per heavy atom. The number of β-amino-alcohol motifs (C(OH)–C–C–N with tert-alkyl or cyclic N) is 1. The van der Waals surface area contributed by atoms with Gasteiger partial charge in [0.15, 0.2) is 0 Å². The first kappa shape index (κ1) is 14.1. The van der Waals surface area contributed by atoms with Crippen molar-refractivity contribution in [1.82, 2.24) is 4.90 Å². The summed E-state index contributed by atoms with van der Waals surface area (Å²) in [6.45, 7) is 2.64. The normalized spacial score (nSPS) is 22.9. The molecule has 0 aliphatic carbocycles. The lowest BCUT2D eigenvalue weighted by Crippen LogP contribution is -2.49. The Kier molecular flexibility index (Phi) is 4.53. The first-order valence-electron chi connectivity index (χ1n) is 7.57. The van der Waals surface area contributed by atoms with Gasteiger partial charge in [-0.3, -0.25) is 4.90 Å². The first-order chi connectivity index (χ1) is 10.3. The largest absolute Gasteiger partial charge is 0.390 e. The van der Waals surface area contributed by atoms with Crippen LogP contribution in [-0.2, 0) is 6.54 Å². The van der Waals surface area contributed by atoms with Gasteiger partial charge in [0.1, 0.15) is 0 Å². The second kappa shape index (κ2) is 6.74. The van der Waals surface area contributed by atoms with E-state index in [1.165, 1.54) is 5.56 Å². The second-order valence-corrected chi connectivity index (χ2v) is 5.69. The molecule has 1 fully saturated rings. The molecule has 3 rings (SSSR count). The lowest BCUT2D eigenvalue weighted by molar-refractivity contribution is 0.0562. The molecule has 2 aromatic carbocycles. The molecule has 21 heavy (non-hydrogen) atoms. The molecule has 1 aliphatic rings. The number of aliphatic hydroxyl groups excluding tert-OH is 1. The van der Waals surface area contributed by atoms with Crippen molar-refractivity contribution in [2.75, 3.05) is 18.4 Å². The van der Waals surface area contributed by atoms with Crippen LogP contribution in [0.5, 0.6) is 0 Å². The third-order valence-corrected chi connectivity index (χ3v) is 4.04. The molecule has 1 heterocycles. The van der Waals surface area contributed by atoms with E-state index in [1.54, 1.807) is 0 Å². The Morgan fingerprint density at radius 2 is 1.67 bits per heavy atom. The second-order valence-electron chi connectivity index (χ2n) is 5.69. The Bertz CT molecular complexity index is 544. The molecule has 0 bridgehead atoms. The van der Waals surface area contributed by atoms with E-state index in [2.05, 4.69) is 34.5 Å². The van der Waals surface area contributed by atoms with Crippen LogP contribution >= 0.6 is 0 Å². The van der Waals surface area contributed by atoms with E-state index in [0.717, 1.165) is 31.7 Å². The molecule has 110 valence electrons. The summed E-state index contributed by atoms with van der Waals surface area (Å²) in [6, 6.07) is 20.7. The van der Waals surface area contributed by atoms with E-state index in [1.807, 2.05) is 36.4 Å². The minimum atomic E-state index is -0.331. The van der Waals surface area contributed by atoms with Gasteiger partial charge in [0, 0.05) is 25.3 Å². The fourth-order valence-corrected chi connectivity index (χ4v) is 2.90. The molecule has 2 aromatic rings. The van der Waals surface area contributed by atoms with Crippen molar-refractivity contribution in [3.05, 3.63) is 66.2 Å².